The van der Waals surface area contributed by atoms with Crippen LogP contribution < -0.4 is 10.2 Å². The number of imide groups is 1. The summed E-state index contributed by atoms with van der Waals surface area (Å²) in [7, 11) is 2.39. The summed E-state index contributed by atoms with van der Waals surface area (Å²) in [4.78, 5) is 36.2. The highest BCUT2D eigenvalue weighted by Gasteiger charge is 2.49. The average Bonchev–Trinajstić information content (AvgIpc) is 2.99. The lowest BCUT2D eigenvalue weighted by molar-refractivity contribution is -0.138. The highest BCUT2D eigenvalue weighted by Crippen LogP contribution is 2.36. The standard InChI is InChI=1S/C9H8F3N5O4S/c1-13-7(19)21-4-3(18)17(8(20)16(4)2)6-15-14-5(22-6)9(10,11)12/h4H,1-2H3,(H,13,19). The van der Waals surface area contributed by atoms with Crippen LogP contribution in [0.15, 0.2) is 0 Å². The Morgan fingerprint density at radius 1 is 1.36 bits per heavy atom. The van der Waals surface area contributed by atoms with E-state index in [4.69, 9.17) is 0 Å². The molecule has 1 fully saturated rings. The molecule has 22 heavy (non-hydrogen) atoms. The molecule has 2 rings (SSSR count). The first kappa shape index (κ1) is 15.9. The number of amides is 4. The van der Waals surface area contributed by atoms with Crippen molar-refractivity contribution in [3.05, 3.63) is 5.01 Å². The Morgan fingerprint density at radius 2 is 2.00 bits per heavy atom. The fourth-order valence-corrected chi connectivity index (χ4v) is 2.23. The number of carbonyl (C=O) groups excluding carboxylic acids is 3. The number of rotatable bonds is 2. The van der Waals surface area contributed by atoms with Gasteiger partial charge in [0.15, 0.2) is 0 Å². The number of carbonyl (C=O) groups is 3. The Labute approximate surface area is 124 Å². The van der Waals surface area contributed by atoms with Gasteiger partial charge >= 0.3 is 18.3 Å². The lowest BCUT2D eigenvalue weighted by atomic mass is 10.5. The number of halogens is 3. The summed E-state index contributed by atoms with van der Waals surface area (Å²) in [6, 6.07) is -0.983. The predicted octanol–water partition coefficient (Wildman–Crippen LogP) is 0.637. The van der Waals surface area contributed by atoms with Crippen molar-refractivity contribution < 1.29 is 32.3 Å². The number of likely N-dealkylation sites (N-methyl/N-ethyl adjacent to an activating group) is 1. The van der Waals surface area contributed by atoms with E-state index in [0.29, 0.717) is 4.90 Å². The molecule has 1 aromatic heterocycles. The second-order valence-corrected chi connectivity index (χ2v) is 4.92. The van der Waals surface area contributed by atoms with Gasteiger partial charge in [0.25, 0.3) is 12.1 Å². The molecule has 1 aliphatic rings. The summed E-state index contributed by atoms with van der Waals surface area (Å²) in [6.07, 6.45) is -7.31. The van der Waals surface area contributed by atoms with Gasteiger partial charge in [-0.3, -0.25) is 9.69 Å². The summed E-state index contributed by atoms with van der Waals surface area (Å²) < 4.78 is 42.1. The number of urea groups is 1. The Morgan fingerprint density at radius 3 is 2.50 bits per heavy atom. The van der Waals surface area contributed by atoms with Crippen molar-refractivity contribution in [2.24, 2.45) is 0 Å². The molecule has 1 saturated heterocycles. The summed E-state index contributed by atoms with van der Waals surface area (Å²) in [5.74, 6) is -1.04. The van der Waals surface area contributed by atoms with Gasteiger partial charge in [-0.15, -0.1) is 10.2 Å². The second kappa shape index (κ2) is 5.40. The highest BCUT2D eigenvalue weighted by molar-refractivity contribution is 7.15. The van der Waals surface area contributed by atoms with E-state index >= 15 is 0 Å². The van der Waals surface area contributed by atoms with Crippen LogP contribution in [0.2, 0.25) is 0 Å². The predicted molar refractivity (Wildman–Crippen MR) is 64.9 cm³/mol. The van der Waals surface area contributed by atoms with Gasteiger partial charge in [-0.1, -0.05) is 11.3 Å². The van der Waals surface area contributed by atoms with Crippen LogP contribution in [-0.2, 0) is 15.7 Å². The third-order valence-corrected chi connectivity index (χ3v) is 3.50. The van der Waals surface area contributed by atoms with Gasteiger partial charge in [-0.25, -0.2) is 9.59 Å². The number of hydrogen-bond acceptors (Lipinski definition) is 7. The van der Waals surface area contributed by atoms with Crippen LogP contribution >= 0.6 is 11.3 Å². The van der Waals surface area contributed by atoms with E-state index in [0.717, 1.165) is 11.9 Å². The molecule has 1 atom stereocenters. The van der Waals surface area contributed by atoms with E-state index < -0.39 is 40.6 Å². The number of nitrogens with one attached hydrogen (secondary N) is 1. The second-order valence-electron chi connectivity index (χ2n) is 3.96. The van der Waals surface area contributed by atoms with Gasteiger partial charge in [0, 0.05) is 14.1 Å². The minimum atomic E-state index is -4.74. The van der Waals surface area contributed by atoms with Crippen molar-refractivity contribution in [2.75, 3.05) is 19.0 Å². The Balaban J connectivity index is 2.28. The smallest absolute Gasteiger partial charge is 0.415 e. The molecule has 0 saturated carbocycles. The fourth-order valence-electron chi connectivity index (χ4n) is 1.51. The van der Waals surface area contributed by atoms with Crippen molar-refractivity contribution in [2.45, 2.75) is 12.4 Å². The number of ether oxygens (including phenoxy) is 1. The molecular formula is C9H8F3N5O4S. The normalized spacial score (nSPS) is 18.9. The van der Waals surface area contributed by atoms with Crippen molar-refractivity contribution in [3.63, 3.8) is 0 Å². The van der Waals surface area contributed by atoms with Gasteiger partial charge in [0.05, 0.1) is 0 Å². The van der Waals surface area contributed by atoms with Crippen molar-refractivity contribution in [1.29, 1.82) is 0 Å². The van der Waals surface area contributed by atoms with Gasteiger partial charge in [0.2, 0.25) is 10.1 Å². The first-order valence-corrected chi connectivity index (χ1v) is 6.38. The third-order valence-electron chi connectivity index (χ3n) is 2.55. The van der Waals surface area contributed by atoms with Crippen LogP contribution in [0.3, 0.4) is 0 Å². The largest absolute Gasteiger partial charge is 0.445 e. The van der Waals surface area contributed by atoms with Crippen molar-refractivity contribution in [3.8, 4) is 0 Å². The molecule has 120 valence electrons. The van der Waals surface area contributed by atoms with Crippen LogP contribution in [-0.4, -0.2) is 53.5 Å². The molecule has 0 aromatic carbocycles. The molecular weight excluding hydrogens is 331 g/mol. The van der Waals surface area contributed by atoms with Crippen molar-refractivity contribution >= 4 is 34.5 Å². The van der Waals surface area contributed by atoms with Crippen LogP contribution in [0.1, 0.15) is 5.01 Å². The summed E-state index contributed by atoms with van der Waals surface area (Å²) in [5, 5.41) is 6.29. The Hall–Kier alpha value is -2.44. The summed E-state index contributed by atoms with van der Waals surface area (Å²) in [6.45, 7) is 0. The molecule has 1 aromatic rings. The Kier molecular flexibility index (Phi) is 3.91. The first-order chi connectivity index (χ1) is 10.2. The first-order valence-electron chi connectivity index (χ1n) is 5.56. The van der Waals surface area contributed by atoms with Crippen LogP contribution in [0.4, 0.5) is 27.9 Å². The minimum Gasteiger partial charge on any atom is -0.415 e. The van der Waals surface area contributed by atoms with Gasteiger partial charge < -0.3 is 10.1 Å². The van der Waals surface area contributed by atoms with E-state index in [1.807, 2.05) is 0 Å². The van der Waals surface area contributed by atoms with Gasteiger partial charge in [-0.2, -0.15) is 18.1 Å². The van der Waals surface area contributed by atoms with Crippen LogP contribution in [0.25, 0.3) is 0 Å². The zero-order chi connectivity index (χ0) is 16.7. The Bertz CT molecular complexity index is 633. The molecule has 2 heterocycles. The minimum absolute atomic E-state index is 0.0276. The van der Waals surface area contributed by atoms with E-state index in [1.165, 1.54) is 7.05 Å². The lowest BCUT2D eigenvalue weighted by Crippen LogP contribution is -2.38. The maximum atomic E-state index is 12.5. The van der Waals surface area contributed by atoms with E-state index in [1.54, 1.807) is 0 Å². The van der Waals surface area contributed by atoms with Crippen molar-refractivity contribution in [1.82, 2.24) is 20.4 Å². The number of alkyl carbamates (subject to hydrolysis) is 1. The molecule has 1 unspecified atom stereocenters. The number of hydrogen-bond donors (Lipinski definition) is 1. The zero-order valence-corrected chi connectivity index (χ0v) is 11.9. The maximum Gasteiger partial charge on any atom is 0.445 e. The SMILES string of the molecule is CNC(=O)OC1C(=O)N(c2nnc(C(F)(F)F)s2)C(=O)N1C. The van der Waals surface area contributed by atoms with E-state index in [9.17, 15) is 27.6 Å². The molecule has 13 heteroatoms. The maximum absolute atomic E-state index is 12.5. The molecule has 0 spiro atoms. The highest BCUT2D eigenvalue weighted by atomic mass is 32.1. The summed E-state index contributed by atoms with van der Waals surface area (Å²) >= 11 is 0.0276. The monoisotopic (exact) mass is 339 g/mol. The lowest BCUT2D eigenvalue weighted by Gasteiger charge is -2.15. The average molecular weight is 339 g/mol. The van der Waals surface area contributed by atoms with E-state index in [2.05, 4.69) is 20.3 Å². The topological polar surface area (TPSA) is 105 Å². The molecule has 4 amide bonds. The molecule has 0 radical (unpaired) electrons. The van der Waals surface area contributed by atoms with Gasteiger partial charge in [-0.05, 0) is 0 Å². The van der Waals surface area contributed by atoms with Crippen LogP contribution in [0, 0.1) is 0 Å². The number of alkyl halides is 3. The number of nitrogens with zero attached hydrogens (tertiary/aromatic N) is 4. The quantitative estimate of drug-likeness (QED) is 0.793. The van der Waals surface area contributed by atoms with E-state index in [-0.39, 0.29) is 11.3 Å². The molecule has 0 bridgehead atoms. The molecule has 9 nitrogen and oxygen atoms in total. The zero-order valence-electron chi connectivity index (χ0n) is 11.0. The molecule has 1 N–H and O–H groups in total. The third kappa shape index (κ3) is 2.66. The fraction of sp³-hybridized carbons (Fsp3) is 0.444. The number of aromatic nitrogens is 2. The summed E-state index contributed by atoms with van der Waals surface area (Å²) in [5.41, 5.74) is 0. The molecule has 1 aliphatic heterocycles. The van der Waals surface area contributed by atoms with Gasteiger partial charge in [0.1, 0.15) is 0 Å². The number of anilines is 1. The van der Waals surface area contributed by atoms with Crippen LogP contribution in [0.5, 0.6) is 0 Å². The molecule has 0 aliphatic carbocycles.